The zero-order valence-corrected chi connectivity index (χ0v) is 20.1. The molecular weight excluding hydrogens is 388 g/mol. The van der Waals surface area contributed by atoms with Crippen LogP contribution >= 0.6 is 0 Å². The third-order valence-corrected chi connectivity index (χ3v) is 11.1. The molecule has 0 radical (unpaired) electrons. The van der Waals surface area contributed by atoms with Crippen molar-refractivity contribution < 1.29 is 14.6 Å². The fourth-order valence-corrected chi connectivity index (χ4v) is 8.92. The number of hydrogen-bond donors (Lipinski definition) is 2. The molecule has 3 nitrogen and oxygen atoms in total. The van der Waals surface area contributed by atoms with Gasteiger partial charge in [0.2, 0.25) is 0 Å². The van der Waals surface area contributed by atoms with E-state index in [0.717, 1.165) is 0 Å². The van der Waals surface area contributed by atoms with Crippen LogP contribution in [0.4, 0.5) is 0 Å². The molecule has 0 bridgehead atoms. The molecule has 2 rings (SSSR count). The third-order valence-electron chi connectivity index (χ3n) is 6.12. The summed E-state index contributed by atoms with van der Waals surface area (Å²) in [5.41, 5.74) is 0. The second-order valence-electron chi connectivity index (χ2n) is 9.39. The Balaban J connectivity index is 2.38. The van der Waals surface area contributed by atoms with Gasteiger partial charge in [-0.15, -0.1) is 6.58 Å². The molecule has 0 aliphatic heterocycles. The van der Waals surface area contributed by atoms with Gasteiger partial charge in [-0.3, -0.25) is 0 Å². The molecule has 0 saturated heterocycles. The summed E-state index contributed by atoms with van der Waals surface area (Å²) >= 11 is 0. The number of rotatable bonds is 10. The topological polar surface area (TPSA) is 49.7 Å². The van der Waals surface area contributed by atoms with Crippen LogP contribution in [0.3, 0.4) is 0 Å². The molecular formula is C26H38O3Si. The van der Waals surface area contributed by atoms with Gasteiger partial charge >= 0.3 is 0 Å². The van der Waals surface area contributed by atoms with Crippen molar-refractivity contribution in [3.8, 4) is 0 Å². The number of aliphatic hydroxyl groups is 2. The molecule has 2 N–H and O–H groups in total. The predicted octanol–water partition coefficient (Wildman–Crippen LogP) is 4.13. The van der Waals surface area contributed by atoms with E-state index in [0.29, 0.717) is 13.0 Å². The highest BCUT2D eigenvalue weighted by atomic mass is 28.4. The van der Waals surface area contributed by atoms with Crippen LogP contribution in [0.25, 0.3) is 0 Å². The highest BCUT2D eigenvalue weighted by Crippen LogP contribution is 2.37. The molecule has 2 aromatic carbocycles. The fourth-order valence-electron chi connectivity index (χ4n) is 4.25. The van der Waals surface area contributed by atoms with Gasteiger partial charge in [0.1, 0.15) is 0 Å². The maximum Gasteiger partial charge on any atom is 0.261 e. The van der Waals surface area contributed by atoms with E-state index in [4.69, 9.17) is 4.43 Å². The van der Waals surface area contributed by atoms with Crippen molar-refractivity contribution in [3.63, 3.8) is 0 Å². The Labute approximate surface area is 183 Å². The second kappa shape index (κ2) is 10.5. The normalized spacial score (nSPS) is 16.5. The molecule has 0 spiro atoms. The second-order valence-corrected chi connectivity index (χ2v) is 13.7. The lowest BCUT2D eigenvalue weighted by Gasteiger charge is -2.44. The molecule has 2 aromatic rings. The molecule has 164 valence electrons. The number of hydrogen-bond acceptors (Lipinski definition) is 3. The average Bonchev–Trinajstić information content (AvgIpc) is 2.73. The van der Waals surface area contributed by atoms with Gasteiger partial charge in [0.25, 0.3) is 8.32 Å². The first-order valence-electron chi connectivity index (χ1n) is 10.9. The van der Waals surface area contributed by atoms with Crippen LogP contribution in [0.1, 0.15) is 41.0 Å². The third kappa shape index (κ3) is 5.30. The quantitative estimate of drug-likeness (QED) is 0.444. The maximum atomic E-state index is 10.9. The lowest BCUT2D eigenvalue weighted by Crippen LogP contribution is -2.67. The van der Waals surface area contributed by atoms with Crippen LogP contribution in [0.2, 0.25) is 5.04 Å². The van der Waals surface area contributed by atoms with E-state index in [2.05, 4.69) is 75.9 Å². The summed E-state index contributed by atoms with van der Waals surface area (Å²) < 4.78 is 6.92. The fraction of sp³-hybridized carbons (Fsp3) is 0.462. The van der Waals surface area contributed by atoms with Crippen molar-refractivity contribution in [1.82, 2.24) is 0 Å². The SMILES string of the molecule is C=CC[C@H](O)[C@@H](C)[C@@H](O)[C@H](C)CO[Si](c1ccccc1)(c1ccccc1)C(C)(C)C. The minimum atomic E-state index is -2.62. The molecule has 0 saturated carbocycles. The number of benzene rings is 2. The van der Waals surface area contributed by atoms with Crippen LogP contribution in [0.5, 0.6) is 0 Å². The zero-order valence-electron chi connectivity index (χ0n) is 19.1. The summed E-state index contributed by atoms with van der Waals surface area (Å²) in [5, 5.41) is 23.5. The molecule has 0 aliphatic carbocycles. The van der Waals surface area contributed by atoms with Gasteiger partial charge in [-0.25, -0.2) is 0 Å². The van der Waals surface area contributed by atoms with E-state index in [1.165, 1.54) is 10.4 Å². The van der Waals surface area contributed by atoms with Crippen molar-refractivity contribution in [2.45, 2.75) is 58.3 Å². The largest absolute Gasteiger partial charge is 0.407 e. The maximum absolute atomic E-state index is 10.9. The summed E-state index contributed by atoms with van der Waals surface area (Å²) in [6.45, 7) is 14.7. The molecule has 0 heterocycles. The molecule has 4 atom stereocenters. The van der Waals surface area contributed by atoms with E-state index >= 15 is 0 Å². The minimum absolute atomic E-state index is 0.103. The van der Waals surface area contributed by atoms with Gasteiger partial charge in [-0.05, 0) is 21.8 Å². The summed E-state index contributed by atoms with van der Waals surface area (Å²) in [7, 11) is -2.62. The van der Waals surface area contributed by atoms with Crippen LogP contribution in [-0.2, 0) is 4.43 Å². The first kappa shape index (κ1) is 24.5. The molecule has 0 aliphatic rings. The molecule has 30 heavy (non-hydrogen) atoms. The van der Waals surface area contributed by atoms with E-state index in [1.54, 1.807) is 6.08 Å². The van der Waals surface area contributed by atoms with E-state index in [1.807, 2.05) is 26.0 Å². The Hall–Kier alpha value is -1.72. The molecule has 0 unspecified atom stereocenters. The standard InChI is InChI=1S/C26H38O3Si/c1-7-14-24(27)21(3)25(28)20(2)19-29-30(26(4,5)6,22-15-10-8-11-16-22)23-17-12-9-13-18-23/h7-13,15-18,20-21,24-25,27-28H,1,14,19H2,2-6H3/t20-,21-,24+,25+/m1/s1. The van der Waals surface area contributed by atoms with E-state index < -0.39 is 20.5 Å². The summed E-state index contributed by atoms with van der Waals surface area (Å²) in [6, 6.07) is 21.0. The monoisotopic (exact) mass is 426 g/mol. The van der Waals surface area contributed by atoms with Gasteiger partial charge in [0.15, 0.2) is 0 Å². The highest BCUT2D eigenvalue weighted by molar-refractivity contribution is 6.99. The number of aliphatic hydroxyl groups excluding tert-OH is 2. The van der Waals surface area contributed by atoms with Crippen molar-refractivity contribution >= 4 is 18.7 Å². The lowest BCUT2D eigenvalue weighted by atomic mass is 9.88. The van der Waals surface area contributed by atoms with E-state index in [-0.39, 0.29) is 16.9 Å². The smallest absolute Gasteiger partial charge is 0.261 e. The lowest BCUT2D eigenvalue weighted by molar-refractivity contribution is -0.0162. The Morgan fingerprint density at radius 1 is 0.933 bits per heavy atom. The summed E-state index contributed by atoms with van der Waals surface area (Å²) in [6.07, 6.45) is 0.906. The Morgan fingerprint density at radius 3 is 1.80 bits per heavy atom. The summed E-state index contributed by atoms with van der Waals surface area (Å²) in [4.78, 5) is 0. The predicted molar refractivity (Wildman–Crippen MR) is 129 cm³/mol. The van der Waals surface area contributed by atoms with Crippen molar-refractivity contribution in [1.29, 1.82) is 0 Å². The summed E-state index contributed by atoms with van der Waals surface area (Å²) in [5.74, 6) is -0.359. The van der Waals surface area contributed by atoms with Crippen LogP contribution in [-0.4, -0.2) is 37.3 Å². The van der Waals surface area contributed by atoms with Crippen LogP contribution in [0, 0.1) is 11.8 Å². The zero-order chi connectivity index (χ0) is 22.4. The van der Waals surface area contributed by atoms with Crippen molar-refractivity contribution in [2.24, 2.45) is 11.8 Å². The first-order chi connectivity index (χ1) is 14.1. The van der Waals surface area contributed by atoms with Gasteiger partial charge in [0.05, 0.1) is 12.2 Å². The molecule has 0 fully saturated rings. The van der Waals surface area contributed by atoms with Crippen LogP contribution in [0.15, 0.2) is 73.3 Å². The Morgan fingerprint density at radius 2 is 1.40 bits per heavy atom. The Bertz CT molecular complexity index is 730. The minimum Gasteiger partial charge on any atom is -0.407 e. The molecule has 0 amide bonds. The van der Waals surface area contributed by atoms with Gasteiger partial charge in [-0.1, -0.05) is 101 Å². The Kier molecular flexibility index (Phi) is 8.62. The molecule has 0 aromatic heterocycles. The average molecular weight is 427 g/mol. The van der Waals surface area contributed by atoms with Crippen LogP contribution < -0.4 is 10.4 Å². The first-order valence-corrected chi connectivity index (χ1v) is 12.8. The van der Waals surface area contributed by atoms with Gasteiger partial charge in [-0.2, -0.15) is 0 Å². The van der Waals surface area contributed by atoms with Gasteiger partial charge in [0, 0.05) is 18.4 Å². The van der Waals surface area contributed by atoms with E-state index in [9.17, 15) is 10.2 Å². The highest BCUT2D eigenvalue weighted by Gasteiger charge is 2.50. The van der Waals surface area contributed by atoms with Gasteiger partial charge < -0.3 is 14.6 Å². The van der Waals surface area contributed by atoms with Crippen molar-refractivity contribution in [2.75, 3.05) is 6.61 Å². The molecule has 4 heteroatoms. The van der Waals surface area contributed by atoms with Crippen molar-refractivity contribution in [3.05, 3.63) is 73.3 Å².